The van der Waals surface area contributed by atoms with Gasteiger partial charge in [0.05, 0.1) is 5.69 Å². The van der Waals surface area contributed by atoms with Crippen LogP contribution < -0.4 is 11.5 Å². The topological polar surface area (TPSA) is 124 Å². The zero-order valence-corrected chi connectivity index (χ0v) is 15.2. The first-order chi connectivity index (χ1) is 13.5. The van der Waals surface area contributed by atoms with Crippen LogP contribution in [0.3, 0.4) is 0 Å². The molecule has 7 nitrogen and oxygen atoms in total. The molecule has 3 rings (SSSR count). The monoisotopic (exact) mass is 378 g/mol. The summed E-state index contributed by atoms with van der Waals surface area (Å²) in [5, 5.41) is 10.4. The number of hydrogen-bond acceptors (Lipinski definition) is 4. The molecule has 7 heteroatoms. The quantitative estimate of drug-likeness (QED) is 0.545. The molecule has 2 aromatic carbocycles. The van der Waals surface area contributed by atoms with Gasteiger partial charge in [-0.2, -0.15) is 0 Å². The number of aromatic nitrogens is 2. The predicted octanol–water partition coefficient (Wildman–Crippen LogP) is 1.20. The van der Waals surface area contributed by atoms with Crippen molar-refractivity contribution >= 4 is 11.8 Å². The number of nitrogens with zero attached hydrogens (tertiary/aromatic N) is 2. The number of amides is 2. The van der Waals surface area contributed by atoms with Gasteiger partial charge in [-0.3, -0.25) is 9.59 Å². The molecule has 1 heterocycles. The molecule has 0 spiro atoms. The van der Waals surface area contributed by atoms with E-state index in [1.807, 2.05) is 60.7 Å². The lowest BCUT2D eigenvalue weighted by molar-refractivity contribution is -0.127. The van der Waals surface area contributed by atoms with Crippen molar-refractivity contribution in [3.63, 3.8) is 0 Å². The lowest BCUT2D eigenvalue weighted by Crippen LogP contribution is -2.35. The van der Waals surface area contributed by atoms with E-state index in [0.717, 1.165) is 11.1 Å². The molecule has 0 aliphatic carbocycles. The minimum Gasteiger partial charge on any atom is -0.383 e. The number of nitrogens with two attached hydrogens (primary N) is 2. The highest BCUT2D eigenvalue weighted by atomic mass is 16.3. The standard InChI is InChI=1S/C21H22N4O3/c22-19(27)18(26)16(11-14-7-3-1-4-8-14)17-13-25(21(24-17)20(23)28)12-15-9-5-2-6-10-15/h1-10,13,16,18,26H,11-12H2,(H2,22,27)(H2,23,28)/t16?,18-/m0/s1. The van der Waals surface area contributed by atoms with Crippen molar-refractivity contribution in [3.05, 3.63) is 89.5 Å². The maximum absolute atomic E-state index is 11.9. The van der Waals surface area contributed by atoms with Gasteiger partial charge in [-0.25, -0.2) is 4.98 Å². The number of aliphatic hydroxyl groups is 1. The average molecular weight is 378 g/mol. The molecule has 0 bridgehead atoms. The van der Waals surface area contributed by atoms with Crippen molar-refractivity contribution in [3.8, 4) is 0 Å². The fourth-order valence-electron chi connectivity index (χ4n) is 3.16. The number of carbonyl (C=O) groups excluding carboxylic acids is 2. The zero-order chi connectivity index (χ0) is 20.1. The van der Waals surface area contributed by atoms with Gasteiger partial charge in [-0.15, -0.1) is 0 Å². The van der Waals surface area contributed by atoms with E-state index in [2.05, 4.69) is 4.98 Å². The van der Waals surface area contributed by atoms with Crippen molar-refractivity contribution in [2.75, 3.05) is 0 Å². The Kier molecular flexibility index (Phi) is 5.86. The van der Waals surface area contributed by atoms with Gasteiger partial charge in [0.25, 0.3) is 5.91 Å². The number of aliphatic hydroxyl groups excluding tert-OH is 1. The Morgan fingerprint density at radius 2 is 1.54 bits per heavy atom. The Balaban J connectivity index is 1.98. The molecule has 0 saturated carbocycles. The molecule has 1 unspecified atom stereocenters. The SMILES string of the molecule is NC(=O)c1nc(C(Cc2ccccc2)[C@H](O)C(N)=O)cn1Cc1ccccc1. The normalized spacial score (nSPS) is 13.0. The summed E-state index contributed by atoms with van der Waals surface area (Å²) in [7, 11) is 0. The van der Waals surface area contributed by atoms with Gasteiger partial charge in [0, 0.05) is 18.7 Å². The first-order valence-electron chi connectivity index (χ1n) is 8.88. The zero-order valence-electron chi connectivity index (χ0n) is 15.2. The van der Waals surface area contributed by atoms with Crippen LogP contribution in [-0.4, -0.2) is 32.6 Å². The van der Waals surface area contributed by atoms with E-state index in [9.17, 15) is 14.7 Å². The Morgan fingerprint density at radius 1 is 0.964 bits per heavy atom. The van der Waals surface area contributed by atoms with Crippen LogP contribution in [0.25, 0.3) is 0 Å². The van der Waals surface area contributed by atoms with Gasteiger partial charge < -0.3 is 21.1 Å². The number of hydrogen-bond donors (Lipinski definition) is 3. The van der Waals surface area contributed by atoms with Crippen LogP contribution in [0, 0.1) is 0 Å². The second-order valence-electron chi connectivity index (χ2n) is 6.61. The smallest absolute Gasteiger partial charge is 0.284 e. The van der Waals surface area contributed by atoms with Crippen LogP contribution in [0.2, 0.25) is 0 Å². The van der Waals surface area contributed by atoms with E-state index in [-0.39, 0.29) is 5.82 Å². The van der Waals surface area contributed by atoms with Crippen LogP contribution in [0.4, 0.5) is 0 Å². The van der Waals surface area contributed by atoms with Crippen LogP contribution in [0.5, 0.6) is 0 Å². The molecule has 2 atom stereocenters. The van der Waals surface area contributed by atoms with Crippen molar-refractivity contribution < 1.29 is 14.7 Å². The molecule has 0 radical (unpaired) electrons. The van der Waals surface area contributed by atoms with Crippen LogP contribution in [0.15, 0.2) is 66.9 Å². The van der Waals surface area contributed by atoms with E-state index in [1.165, 1.54) is 0 Å². The summed E-state index contributed by atoms with van der Waals surface area (Å²) in [6.07, 6.45) is 0.541. The van der Waals surface area contributed by atoms with Crippen molar-refractivity contribution in [2.24, 2.45) is 11.5 Å². The third kappa shape index (κ3) is 4.44. The highest BCUT2D eigenvalue weighted by molar-refractivity contribution is 5.89. The summed E-state index contributed by atoms with van der Waals surface area (Å²) in [4.78, 5) is 27.9. The highest BCUT2D eigenvalue weighted by Crippen LogP contribution is 2.25. The van der Waals surface area contributed by atoms with Crippen LogP contribution in [0.1, 0.15) is 33.4 Å². The molecule has 3 aromatic rings. The van der Waals surface area contributed by atoms with E-state index in [4.69, 9.17) is 11.5 Å². The highest BCUT2D eigenvalue weighted by Gasteiger charge is 2.29. The third-order valence-corrected chi connectivity index (χ3v) is 4.56. The summed E-state index contributed by atoms with van der Waals surface area (Å²) >= 11 is 0. The Morgan fingerprint density at radius 3 is 2.07 bits per heavy atom. The minimum atomic E-state index is -1.44. The number of imidazole rings is 1. The molecule has 28 heavy (non-hydrogen) atoms. The Bertz CT molecular complexity index is 954. The van der Waals surface area contributed by atoms with Gasteiger partial charge in [0.2, 0.25) is 5.91 Å². The van der Waals surface area contributed by atoms with Gasteiger partial charge in [-0.05, 0) is 17.5 Å². The second kappa shape index (κ2) is 8.49. The second-order valence-corrected chi connectivity index (χ2v) is 6.61. The number of rotatable bonds is 8. The molecule has 1 aromatic heterocycles. The van der Waals surface area contributed by atoms with E-state index < -0.39 is 23.8 Å². The van der Waals surface area contributed by atoms with Gasteiger partial charge in [-0.1, -0.05) is 60.7 Å². The molecule has 144 valence electrons. The largest absolute Gasteiger partial charge is 0.383 e. The fourth-order valence-corrected chi connectivity index (χ4v) is 3.16. The van der Waals surface area contributed by atoms with Crippen molar-refractivity contribution in [1.29, 1.82) is 0 Å². The summed E-state index contributed by atoms with van der Waals surface area (Å²) in [6.45, 7) is 0.386. The van der Waals surface area contributed by atoms with Gasteiger partial charge >= 0.3 is 0 Å². The summed E-state index contributed by atoms with van der Waals surface area (Å²) in [5.41, 5.74) is 13.1. The maximum atomic E-state index is 11.9. The molecular weight excluding hydrogens is 356 g/mol. The molecule has 0 aliphatic heterocycles. The predicted molar refractivity (Wildman–Crippen MR) is 104 cm³/mol. The van der Waals surface area contributed by atoms with E-state index in [1.54, 1.807) is 10.8 Å². The van der Waals surface area contributed by atoms with E-state index in [0.29, 0.717) is 18.7 Å². The summed E-state index contributed by atoms with van der Waals surface area (Å²) in [6, 6.07) is 18.9. The first-order valence-corrected chi connectivity index (χ1v) is 8.88. The molecule has 0 aliphatic rings. The van der Waals surface area contributed by atoms with Gasteiger partial charge in [0.1, 0.15) is 6.10 Å². The Hall–Kier alpha value is -3.45. The summed E-state index contributed by atoms with van der Waals surface area (Å²) < 4.78 is 1.62. The molecule has 2 amide bonds. The molecule has 0 fully saturated rings. The first kappa shape index (κ1) is 19.3. The van der Waals surface area contributed by atoms with Crippen molar-refractivity contribution in [1.82, 2.24) is 9.55 Å². The molecule has 5 N–H and O–H groups in total. The lowest BCUT2D eigenvalue weighted by atomic mass is 9.91. The van der Waals surface area contributed by atoms with E-state index >= 15 is 0 Å². The van der Waals surface area contributed by atoms with Crippen LogP contribution in [-0.2, 0) is 17.8 Å². The van der Waals surface area contributed by atoms with Crippen LogP contribution >= 0.6 is 0 Å². The molecule has 0 saturated heterocycles. The summed E-state index contributed by atoms with van der Waals surface area (Å²) in [5.74, 6) is -2.17. The Labute approximate surface area is 162 Å². The van der Waals surface area contributed by atoms with Gasteiger partial charge in [0.15, 0.2) is 5.82 Å². The lowest BCUT2D eigenvalue weighted by Gasteiger charge is -2.19. The number of carbonyl (C=O) groups is 2. The maximum Gasteiger partial charge on any atom is 0.284 e. The fraction of sp³-hybridized carbons (Fsp3) is 0.190. The third-order valence-electron chi connectivity index (χ3n) is 4.56. The number of benzene rings is 2. The minimum absolute atomic E-state index is 0.0635. The molecular formula is C21H22N4O3. The average Bonchev–Trinajstić information content (AvgIpc) is 3.11. The van der Waals surface area contributed by atoms with Crippen molar-refractivity contribution in [2.45, 2.75) is 25.0 Å². The number of primary amides is 2.